The monoisotopic (exact) mass is 376 g/mol. The predicted octanol–water partition coefficient (Wildman–Crippen LogP) is 2.04. The number of amides is 3. The van der Waals surface area contributed by atoms with Gasteiger partial charge in [-0.1, -0.05) is 12.2 Å². The number of hydrogen-bond acceptors (Lipinski definition) is 6. The number of ether oxygens (including phenoxy) is 1. The summed E-state index contributed by atoms with van der Waals surface area (Å²) in [6.45, 7) is 3.27. The lowest BCUT2D eigenvalue weighted by Gasteiger charge is -2.14. The molecule has 0 unspecified atom stereocenters. The van der Waals surface area contributed by atoms with Gasteiger partial charge in [0.05, 0.1) is 24.5 Å². The number of methoxy groups -OCH3 is 1. The van der Waals surface area contributed by atoms with Crippen molar-refractivity contribution in [2.24, 2.45) is 11.8 Å². The Bertz CT molecular complexity index is 800. The number of carbonyl (C=O) groups excluding carboxylic acids is 4. The van der Waals surface area contributed by atoms with E-state index in [4.69, 9.17) is 4.74 Å². The van der Waals surface area contributed by atoms with Crippen molar-refractivity contribution in [3.05, 3.63) is 28.2 Å². The van der Waals surface area contributed by atoms with E-state index in [1.54, 1.807) is 6.92 Å². The zero-order chi connectivity index (χ0) is 19.0. The number of rotatable bonds is 4. The molecule has 7 nitrogen and oxygen atoms in total. The number of imide groups is 1. The van der Waals surface area contributed by atoms with E-state index in [-0.39, 0.29) is 30.2 Å². The average molecular weight is 376 g/mol. The summed E-state index contributed by atoms with van der Waals surface area (Å²) >= 11 is 1.26. The van der Waals surface area contributed by atoms with Crippen LogP contribution in [0.3, 0.4) is 0 Å². The molecule has 1 fully saturated rings. The zero-order valence-corrected chi connectivity index (χ0v) is 15.6. The van der Waals surface area contributed by atoms with E-state index in [0.29, 0.717) is 23.4 Å². The molecule has 1 aromatic heterocycles. The third kappa shape index (κ3) is 3.05. The van der Waals surface area contributed by atoms with Crippen LogP contribution >= 0.6 is 11.3 Å². The maximum atomic E-state index is 12.4. The highest BCUT2D eigenvalue weighted by atomic mass is 32.1. The van der Waals surface area contributed by atoms with Gasteiger partial charge in [0.2, 0.25) is 17.7 Å². The summed E-state index contributed by atoms with van der Waals surface area (Å²) < 4.78 is 4.78. The minimum atomic E-state index is -0.535. The van der Waals surface area contributed by atoms with Crippen molar-refractivity contribution in [3.63, 3.8) is 0 Å². The van der Waals surface area contributed by atoms with E-state index < -0.39 is 11.9 Å². The number of hydrogen-bond donors (Lipinski definition) is 1. The SMILES string of the molecule is COC(=O)c1c(NC(=O)CN2C(=O)[C@H]3CC=CC[C@H]3C2=O)sc(C)c1C. The molecule has 8 heteroatoms. The Morgan fingerprint density at radius 2 is 1.77 bits per heavy atom. The first-order valence-electron chi connectivity index (χ1n) is 8.33. The van der Waals surface area contributed by atoms with Crippen LogP contribution in [0.1, 0.15) is 33.6 Å². The lowest BCUT2D eigenvalue weighted by Crippen LogP contribution is -2.38. The summed E-state index contributed by atoms with van der Waals surface area (Å²) in [5.41, 5.74) is 1.04. The summed E-state index contributed by atoms with van der Waals surface area (Å²) in [5.74, 6) is -2.37. The highest BCUT2D eigenvalue weighted by Crippen LogP contribution is 2.36. The highest BCUT2D eigenvalue weighted by molar-refractivity contribution is 7.16. The van der Waals surface area contributed by atoms with E-state index >= 15 is 0 Å². The van der Waals surface area contributed by atoms with E-state index in [9.17, 15) is 19.2 Å². The summed E-state index contributed by atoms with van der Waals surface area (Å²) in [6, 6.07) is 0. The molecule has 1 N–H and O–H groups in total. The van der Waals surface area contributed by atoms with Gasteiger partial charge in [-0.05, 0) is 32.3 Å². The van der Waals surface area contributed by atoms with Crippen LogP contribution in [0, 0.1) is 25.7 Å². The summed E-state index contributed by atoms with van der Waals surface area (Å²) in [6.07, 6.45) is 4.86. The molecule has 2 aliphatic rings. The van der Waals surface area contributed by atoms with Gasteiger partial charge in [0.1, 0.15) is 11.5 Å². The molecule has 3 amide bonds. The van der Waals surface area contributed by atoms with Crippen LogP contribution in [-0.4, -0.2) is 42.2 Å². The molecule has 0 aromatic carbocycles. The van der Waals surface area contributed by atoms with Crippen molar-refractivity contribution < 1.29 is 23.9 Å². The quantitative estimate of drug-likeness (QED) is 0.493. The van der Waals surface area contributed by atoms with Gasteiger partial charge in [-0.3, -0.25) is 19.3 Å². The Kier molecular flexibility index (Phi) is 4.95. The summed E-state index contributed by atoms with van der Waals surface area (Å²) in [4.78, 5) is 51.2. The second kappa shape index (κ2) is 7.03. The van der Waals surface area contributed by atoms with Crippen LogP contribution in [0.2, 0.25) is 0 Å². The van der Waals surface area contributed by atoms with Crippen LogP contribution in [0.4, 0.5) is 5.00 Å². The van der Waals surface area contributed by atoms with Crippen LogP contribution in [0.25, 0.3) is 0 Å². The number of fused-ring (bicyclic) bond motifs is 1. The van der Waals surface area contributed by atoms with Gasteiger partial charge in [0.25, 0.3) is 0 Å². The fourth-order valence-electron chi connectivity index (χ4n) is 3.40. The smallest absolute Gasteiger partial charge is 0.341 e. The maximum absolute atomic E-state index is 12.4. The lowest BCUT2D eigenvalue weighted by molar-refractivity contribution is -0.142. The molecule has 1 aromatic rings. The number of aryl methyl sites for hydroxylation is 1. The van der Waals surface area contributed by atoms with Crippen molar-refractivity contribution >= 4 is 40.0 Å². The van der Waals surface area contributed by atoms with Crippen molar-refractivity contribution in [2.45, 2.75) is 26.7 Å². The lowest BCUT2D eigenvalue weighted by atomic mass is 9.85. The zero-order valence-electron chi connectivity index (χ0n) is 14.8. The molecule has 138 valence electrons. The van der Waals surface area contributed by atoms with E-state index in [1.165, 1.54) is 18.4 Å². The fourth-order valence-corrected chi connectivity index (χ4v) is 4.46. The number of nitrogens with zero attached hydrogens (tertiary/aromatic N) is 1. The number of carbonyl (C=O) groups is 4. The van der Waals surface area contributed by atoms with Gasteiger partial charge in [-0.15, -0.1) is 11.3 Å². The highest BCUT2D eigenvalue weighted by Gasteiger charge is 2.47. The summed E-state index contributed by atoms with van der Waals surface area (Å²) in [5, 5.41) is 3.02. The molecular formula is C18H20N2O5S. The third-order valence-electron chi connectivity index (χ3n) is 4.93. The topological polar surface area (TPSA) is 92.8 Å². The largest absolute Gasteiger partial charge is 0.465 e. The molecule has 1 saturated heterocycles. The standard InChI is InChI=1S/C18H20N2O5S/c1-9-10(2)26-15(14(9)18(24)25-3)19-13(21)8-20-16(22)11-6-4-5-7-12(11)17(20)23/h4-5,11-12H,6-8H2,1-3H3,(H,19,21)/t11-,12+. The van der Waals surface area contributed by atoms with E-state index in [0.717, 1.165) is 15.3 Å². The Labute approximate surface area is 155 Å². The average Bonchev–Trinajstić information content (AvgIpc) is 3.03. The van der Waals surface area contributed by atoms with Gasteiger partial charge < -0.3 is 10.1 Å². The van der Waals surface area contributed by atoms with Crippen LogP contribution in [0.5, 0.6) is 0 Å². The predicted molar refractivity (Wildman–Crippen MR) is 95.8 cm³/mol. The molecule has 3 rings (SSSR count). The van der Waals surface area contributed by atoms with Gasteiger partial charge in [-0.2, -0.15) is 0 Å². The van der Waals surface area contributed by atoms with Crippen LogP contribution in [0.15, 0.2) is 12.2 Å². The second-order valence-electron chi connectivity index (χ2n) is 6.45. The molecule has 2 atom stereocenters. The van der Waals surface area contributed by atoms with Gasteiger partial charge in [0, 0.05) is 4.88 Å². The van der Waals surface area contributed by atoms with E-state index in [1.807, 2.05) is 19.1 Å². The molecule has 1 aliphatic heterocycles. The number of likely N-dealkylation sites (tertiary alicyclic amines) is 1. The molecule has 0 saturated carbocycles. The molecule has 26 heavy (non-hydrogen) atoms. The Balaban J connectivity index is 1.74. The minimum Gasteiger partial charge on any atom is -0.465 e. The van der Waals surface area contributed by atoms with Gasteiger partial charge >= 0.3 is 5.97 Å². The van der Waals surface area contributed by atoms with E-state index in [2.05, 4.69) is 5.32 Å². The molecule has 0 spiro atoms. The molecule has 2 heterocycles. The van der Waals surface area contributed by atoms with Crippen molar-refractivity contribution in [1.29, 1.82) is 0 Å². The molecule has 0 radical (unpaired) electrons. The fraction of sp³-hybridized carbons (Fsp3) is 0.444. The first-order chi connectivity index (χ1) is 12.3. The van der Waals surface area contributed by atoms with Crippen molar-refractivity contribution in [1.82, 2.24) is 4.90 Å². The minimum absolute atomic E-state index is 0.300. The molecule has 1 aliphatic carbocycles. The summed E-state index contributed by atoms with van der Waals surface area (Å²) in [7, 11) is 1.28. The van der Waals surface area contributed by atoms with Crippen LogP contribution in [-0.2, 0) is 19.1 Å². The number of anilines is 1. The Morgan fingerprint density at radius 1 is 1.19 bits per heavy atom. The number of nitrogens with one attached hydrogen (secondary N) is 1. The molecular weight excluding hydrogens is 356 g/mol. The second-order valence-corrected chi connectivity index (χ2v) is 7.67. The van der Waals surface area contributed by atoms with Crippen molar-refractivity contribution in [3.8, 4) is 0 Å². The Morgan fingerprint density at radius 3 is 2.31 bits per heavy atom. The van der Waals surface area contributed by atoms with Crippen molar-refractivity contribution in [2.75, 3.05) is 19.0 Å². The Hall–Kier alpha value is -2.48. The first kappa shape index (κ1) is 18.3. The normalized spacial score (nSPS) is 21.7. The van der Waals surface area contributed by atoms with Gasteiger partial charge in [0.15, 0.2) is 0 Å². The van der Waals surface area contributed by atoms with Crippen LogP contribution < -0.4 is 5.32 Å². The third-order valence-corrected chi connectivity index (χ3v) is 6.05. The molecule has 0 bridgehead atoms. The number of allylic oxidation sites excluding steroid dienone is 2. The maximum Gasteiger partial charge on any atom is 0.341 e. The number of thiophene rings is 1. The van der Waals surface area contributed by atoms with Gasteiger partial charge in [-0.25, -0.2) is 4.79 Å². The number of esters is 1. The first-order valence-corrected chi connectivity index (χ1v) is 9.15.